The second kappa shape index (κ2) is 3.88. The van der Waals surface area contributed by atoms with E-state index in [0.717, 1.165) is 5.56 Å². The molecule has 1 amide bonds. The van der Waals surface area contributed by atoms with Crippen molar-refractivity contribution in [2.24, 2.45) is 11.7 Å². The van der Waals surface area contributed by atoms with Gasteiger partial charge in [-0.2, -0.15) is 16.6 Å². The van der Waals surface area contributed by atoms with Gasteiger partial charge in [-0.25, -0.2) is 0 Å². The summed E-state index contributed by atoms with van der Waals surface area (Å²) >= 11 is 1.54. The summed E-state index contributed by atoms with van der Waals surface area (Å²) in [5.74, 6) is -1.25. The van der Waals surface area contributed by atoms with Crippen LogP contribution in [0.4, 0.5) is 0 Å². The van der Waals surface area contributed by atoms with E-state index < -0.39 is 11.8 Å². The zero-order chi connectivity index (χ0) is 8.97. The van der Waals surface area contributed by atoms with Crippen molar-refractivity contribution >= 4 is 17.2 Å². The second-order valence-corrected chi connectivity index (χ2v) is 3.20. The first-order valence-electron chi connectivity index (χ1n) is 3.44. The Morgan fingerprint density at radius 3 is 3.00 bits per heavy atom. The Morgan fingerprint density at radius 1 is 1.83 bits per heavy atom. The van der Waals surface area contributed by atoms with Crippen LogP contribution in [0.1, 0.15) is 5.56 Å². The number of primary amides is 1. The minimum Gasteiger partial charge on any atom is -0.369 e. The fourth-order valence-electron chi connectivity index (χ4n) is 0.854. The molecule has 1 aromatic rings. The standard InChI is InChI=1S/C8H8N2OS/c9-4-7(8(10)11)3-6-1-2-12-5-6/h1-2,5,7H,3H2,(H2,10,11). The summed E-state index contributed by atoms with van der Waals surface area (Å²) < 4.78 is 0. The highest BCUT2D eigenvalue weighted by Crippen LogP contribution is 2.11. The third kappa shape index (κ3) is 2.07. The van der Waals surface area contributed by atoms with Gasteiger partial charge in [-0.15, -0.1) is 0 Å². The lowest BCUT2D eigenvalue weighted by Crippen LogP contribution is -2.23. The normalized spacial score (nSPS) is 11.9. The topological polar surface area (TPSA) is 66.9 Å². The Morgan fingerprint density at radius 2 is 2.58 bits per heavy atom. The van der Waals surface area contributed by atoms with Crippen LogP contribution in [0.5, 0.6) is 0 Å². The van der Waals surface area contributed by atoms with Gasteiger partial charge >= 0.3 is 0 Å². The van der Waals surface area contributed by atoms with Crippen molar-refractivity contribution in [2.75, 3.05) is 0 Å². The molecule has 0 aliphatic rings. The molecule has 2 N–H and O–H groups in total. The number of carbonyl (C=O) groups excluding carboxylic acids is 1. The van der Waals surface area contributed by atoms with Crippen LogP contribution in [0.25, 0.3) is 0 Å². The quantitative estimate of drug-likeness (QED) is 0.751. The molecular weight excluding hydrogens is 172 g/mol. The van der Waals surface area contributed by atoms with E-state index in [2.05, 4.69) is 0 Å². The van der Waals surface area contributed by atoms with Gasteiger partial charge in [0.25, 0.3) is 0 Å². The predicted octanol–water partition coefficient (Wildman–Crippen LogP) is 0.916. The van der Waals surface area contributed by atoms with E-state index in [1.165, 1.54) is 0 Å². The van der Waals surface area contributed by atoms with E-state index in [4.69, 9.17) is 11.0 Å². The molecule has 0 saturated carbocycles. The van der Waals surface area contributed by atoms with Gasteiger partial charge < -0.3 is 5.73 Å². The van der Waals surface area contributed by atoms with E-state index in [-0.39, 0.29) is 0 Å². The van der Waals surface area contributed by atoms with Crippen molar-refractivity contribution in [1.82, 2.24) is 0 Å². The Balaban J connectivity index is 2.62. The average Bonchev–Trinajstić information content (AvgIpc) is 2.51. The molecule has 0 aromatic carbocycles. The number of rotatable bonds is 3. The number of nitrogens with two attached hydrogens (primary N) is 1. The van der Waals surface area contributed by atoms with Gasteiger partial charge in [-0.1, -0.05) is 0 Å². The largest absolute Gasteiger partial charge is 0.369 e. The van der Waals surface area contributed by atoms with E-state index in [0.29, 0.717) is 6.42 Å². The van der Waals surface area contributed by atoms with Crippen molar-refractivity contribution < 1.29 is 4.79 Å². The lowest BCUT2D eigenvalue weighted by Gasteiger charge is -2.00. The van der Waals surface area contributed by atoms with Crippen LogP contribution in [0.3, 0.4) is 0 Å². The Kier molecular flexibility index (Phi) is 2.83. The third-order valence-electron chi connectivity index (χ3n) is 1.52. The highest BCUT2D eigenvalue weighted by Gasteiger charge is 2.14. The van der Waals surface area contributed by atoms with Gasteiger partial charge in [0.2, 0.25) is 5.91 Å². The Bertz CT molecular complexity index is 299. The zero-order valence-corrected chi connectivity index (χ0v) is 7.17. The zero-order valence-electron chi connectivity index (χ0n) is 6.36. The van der Waals surface area contributed by atoms with Gasteiger partial charge in [0.15, 0.2) is 0 Å². The number of hydrogen-bond donors (Lipinski definition) is 1. The molecule has 1 aromatic heterocycles. The van der Waals surface area contributed by atoms with E-state index >= 15 is 0 Å². The minimum atomic E-state index is -0.695. The van der Waals surface area contributed by atoms with E-state index in [9.17, 15) is 4.79 Å². The molecule has 1 heterocycles. The van der Waals surface area contributed by atoms with Crippen LogP contribution in [-0.2, 0) is 11.2 Å². The lowest BCUT2D eigenvalue weighted by atomic mass is 10.0. The molecule has 0 aliphatic carbocycles. The maximum Gasteiger partial charge on any atom is 0.235 e. The fourth-order valence-corrected chi connectivity index (χ4v) is 1.54. The summed E-state index contributed by atoms with van der Waals surface area (Å²) in [6.45, 7) is 0. The number of hydrogen-bond acceptors (Lipinski definition) is 3. The molecular formula is C8H8N2OS. The first-order valence-corrected chi connectivity index (χ1v) is 4.38. The third-order valence-corrected chi connectivity index (χ3v) is 2.25. The average molecular weight is 180 g/mol. The molecule has 0 fully saturated rings. The summed E-state index contributed by atoms with van der Waals surface area (Å²) in [5.41, 5.74) is 6.00. The molecule has 0 aliphatic heterocycles. The molecule has 12 heavy (non-hydrogen) atoms. The summed E-state index contributed by atoms with van der Waals surface area (Å²) in [5, 5.41) is 12.4. The molecule has 3 nitrogen and oxygen atoms in total. The summed E-state index contributed by atoms with van der Waals surface area (Å²) in [6, 6.07) is 3.76. The van der Waals surface area contributed by atoms with Gasteiger partial charge in [0, 0.05) is 0 Å². The monoisotopic (exact) mass is 180 g/mol. The lowest BCUT2D eigenvalue weighted by molar-refractivity contribution is -0.120. The van der Waals surface area contributed by atoms with Gasteiger partial charge in [0.1, 0.15) is 5.92 Å². The van der Waals surface area contributed by atoms with Crippen molar-refractivity contribution in [3.63, 3.8) is 0 Å². The molecule has 1 rings (SSSR count). The van der Waals surface area contributed by atoms with Crippen molar-refractivity contribution in [2.45, 2.75) is 6.42 Å². The SMILES string of the molecule is N#CC(Cc1ccsc1)C(N)=O. The molecule has 0 spiro atoms. The molecule has 4 heteroatoms. The molecule has 62 valence electrons. The van der Waals surface area contributed by atoms with Crippen LogP contribution in [0, 0.1) is 17.2 Å². The molecule has 0 bridgehead atoms. The maximum absolute atomic E-state index is 10.7. The first-order chi connectivity index (χ1) is 5.74. The van der Waals surface area contributed by atoms with Crippen LogP contribution < -0.4 is 5.73 Å². The van der Waals surface area contributed by atoms with Gasteiger partial charge in [0.05, 0.1) is 6.07 Å². The van der Waals surface area contributed by atoms with Crippen LogP contribution >= 0.6 is 11.3 Å². The fraction of sp³-hybridized carbons (Fsp3) is 0.250. The Hall–Kier alpha value is -1.34. The van der Waals surface area contributed by atoms with Crippen LogP contribution in [0.2, 0.25) is 0 Å². The highest BCUT2D eigenvalue weighted by molar-refractivity contribution is 7.07. The molecule has 0 radical (unpaired) electrons. The van der Waals surface area contributed by atoms with E-state index in [1.54, 1.807) is 11.3 Å². The van der Waals surface area contributed by atoms with E-state index in [1.807, 2.05) is 22.9 Å². The predicted molar refractivity (Wildman–Crippen MR) is 46.3 cm³/mol. The number of nitrogens with zero attached hydrogens (tertiary/aromatic N) is 1. The first kappa shape index (κ1) is 8.75. The van der Waals surface area contributed by atoms with Crippen molar-refractivity contribution in [3.8, 4) is 6.07 Å². The van der Waals surface area contributed by atoms with Crippen LogP contribution in [0.15, 0.2) is 16.8 Å². The number of thiophene rings is 1. The minimum absolute atomic E-state index is 0.426. The van der Waals surface area contributed by atoms with Gasteiger partial charge in [-0.05, 0) is 28.8 Å². The van der Waals surface area contributed by atoms with Crippen molar-refractivity contribution in [3.05, 3.63) is 22.4 Å². The second-order valence-electron chi connectivity index (χ2n) is 2.42. The summed E-state index contributed by atoms with van der Waals surface area (Å²) in [6.07, 6.45) is 0.426. The number of nitriles is 1. The molecule has 1 atom stereocenters. The summed E-state index contributed by atoms with van der Waals surface area (Å²) in [4.78, 5) is 10.7. The highest BCUT2D eigenvalue weighted by atomic mass is 32.1. The van der Waals surface area contributed by atoms with Gasteiger partial charge in [-0.3, -0.25) is 4.79 Å². The molecule has 0 saturated heterocycles. The van der Waals surface area contributed by atoms with Crippen molar-refractivity contribution in [1.29, 1.82) is 5.26 Å². The smallest absolute Gasteiger partial charge is 0.235 e. The Labute approximate surface area is 74.4 Å². The maximum atomic E-state index is 10.7. The molecule has 1 unspecified atom stereocenters. The number of carbonyl (C=O) groups is 1. The van der Waals surface area contributed by atoms with Crippen LogP contribution in [-0.4, -0.2) is 5.91 Å². The summed E-state index contributed by atoms with van der Waals surface area (Å²) in [7, 11) is 0. The number of amides is 1.